The molecule has 0 aliphatic rings. The van der Waals surface area contributed by atoms with Crippen molar-refractivity contribution in [2.24, 2.45) is 0 Å². The maximum atomic E-state index is 9.28. The van der Waals surface area contributed by atoms with E-state index in [2.05, 4.69) is 28.7 Å². The molecule has 3 rings (SSSR count). The largest absolute Gasteiger partial charge is 0.396 e. The predicted octanol–water partition coefficient (Wildman–Crippen LogP) is 5.86. The summed E-state index contributed by atoms with van der Waals surface area (Å²) in [7, 11) is 0. The molecule has 0 unspecified atom stereocenters. The Bertz CT molecular complexity index is 847. The lowest BCUT2D eigenvalue weighted by molar-refractivity contribution is 1.52. The Kier molecular flexibility index (Phi) is 4.22. The minimum Gasteiger partial charge on any atom is -0.396 e. The smallest absolute Gasteiger partial charge is 0.129 e. The molecule has 6 heteroatoms. The molecule has 2 N–H and O–H groups in total. The van der Waals surface area contributed by atoms with E-state index in [0.717, 1.165) is 24.5 Å². The molecule has 2 nitrogen and oxygen atoms in total. The maximum absolute atomic E-state index is 9.28. The molecule has 2 aromatic heterocycles. The van der Waals surface area contributed by atoms with Gasteiger partial charge in [0.15, 0.2) is 0 Å². The molecule has 0 atom stereocenters. The van der Waals surface area contributed by atoms with Crippen LogP contribution in [0.15, 0.2) is 35.7 Å². The normalized spacial score (nSPS) is 10.5. The van der Waals surface area contributed by atoms with Crippen LogP contribution in [-0.2, 0) is 0 Å². The zero-order chi connectivity index (χ0) is 15.0. The van der Waals surface area contributed by atoms with Crippen molar-refractivity contribution in [2.45, 2.75) is 0 Å². The van der Waals surface area contributed by atoms with Gasteiger partial charge in [-0.15, -0.1) is 22.7 Å². The minimum atomic E-state index is 0.546. The van der Waals surface area contributed by atoms with Crippen molar-refractivity contribution >= 4 is 62.6 Å². The van der Waals surface area contributed by atoms with Crippen molar-refractivity contribution in [1.82, 2.24) is 0 Å². The highest BCUT2D eigenvalue weighted by molar-refractivity contribution is 14.1. The Morgan fingerprint density at radius 1 is 1.29 bits per heavy atom. The van der Waals surface area contributed by atoms with Crippen LogP contribution >= 0.6 is 56.9 Å². The fraction of sp³-hybridized carbons (Fsp3) is 0. The number of anilines is 1. The third-order valence-electron chi connectivity index (χ3n) is 2.99. The van der Waals surface area contributed by atoms with E-state index in [4.69, 9.17) is 17.3 Å². The molecule has 0 saturated heterocycles. The number of benzene rings is 1. The molecule has 0 amide bonds. The third kappa shape index (κ3) is 2.69. The van der Waals surface area contributed by atoms with Crippen molar-refractivity contribution in [1.29, 1.82) is 5.26 Å². The lowest BCUT2D eigenvalue weighted by Gasteiger charge is -2.06. The van der Waals surface area contributed by atoms with E-state index in [1.54, 1.807) is 11.3 Å². The standard InChI is InChI=1S/C15H8ClIN2S2/c16-8-3-4-10(17)9(6-8)15-13(11-2-1-5-20-11)14(19)12(7-18)21-15/h1-6H,19H2. The topological polar surface area (TPSA) is 49.8 Å². The number of halogens is 2. The van der Waals surface area contributed by atoms with Crippen molar-refractivity contribution in [2.75, 3.05) is 5.73 Å². The third-order valence-corrected chi connectivity index (χ3v) is 6.19. The first-order valence-electron chi connectivity index (χ1n) is 5.93. The predicted molar refractivity (Wildman–Crippen MR) is 99.9 cm³/mol. The Morgan fingerprint density at radius 2 is 2.10 bits per heavy atom. The van der Waals surface area contributed by atoms with Crippen LogP contribution in [0.25, 0.3) is 20.9 Å². The summed E-state index contributed by atoms with van der Waals surface area (Å²) < 4.78 is 1.08. The Labute approximate surface area is 148 Å². The number of nitrogens with zero attached hydrogens (tertiary/aromatic N) is 1. The van der Waals surface area contributed by atoms with Crippen molar-refractivity contribution in [3.05, 3.63) is 49.2 Å². The van der Waals surface area contributed by atoms with Gasteiger partial charge >= 0.3 is 0 Å². The SMILES string of the molecule is N#Cc1sc(-c2cc(Cl)ccc2I)c(-c2cccs2)c1N. The van der Waals surface area contributed by atoms with Crippen LogP contribution in [0.1, 0.15) is 4.88 Å². The molecule has 0 spiro atoms. The summed E-state index contributed by atoms with van der Waals surface area (Å²) >= 11 is 11.4. The summed E-state index contributed by atoms with van der Waals surface area (Å²) in [6.45, 7) is 0. The van der Waals surface area contributed by atoms with Crippen molar-refractivity contribution in [3.63, 3.8) is 0 Å². The monoisotopic (exact) mass is 442 g/mol. The van der Waals surface area contributed by atoms with Crippen LogP contribution in [0, 0.1) is 14.9 Å². The summed E-state index contributed by atoms with van der Waals surface area (Å²) in [6, 6.07) is 11.9. The van der Waals surface area contributed by atoms with E-state index in [1.807, 2.05) is 35.7 Å². The zero-order valence-corrected chi connectivity index (χ0v) is 15.1. The molecule has 1 aromatic carbocycles. The first kappa shape index (κ1) is 14.9. The van der Waals surface area contributed by atoms with E-state index >= 15 is 0 Å². The molecule has 0 fully saturated rings. The summed E-state index contributed by atoms with van der Waals surface area (Å²) in [5.74, 6) is 0. The molecule has 0 aliphatic heterocycles. The van der Waals surface area contributed by atoms with Crippen molar-refractivity contribution < 1.29 is 0 Å². The highest BCUT2D eigenvalue weighted by Gasteiger charge is 2.21. The molecule has 0 saturated carbocycles. The van der Waals surface area contributed by atoms with Gasteiger partial charge in [-0.25, -0.2) is 0 Å². The van der Waals surface area contributed by atoms with Crippen molar-refractivity contribution in [3.8, 4) is 27.0 Å². The van der Waals surface area contributed by atoms with Gasteiger partial charge in [-0.3, -0.25) is 0 Å². The Morgan fingerprint density at radius 3 is 2.76 bits per heavy atom. The first-order valence-corrected chi connectivity index (χ1v) is 9.08. The summed E-state index contributed by atoms with van der Waals surface area (Å²) in [5.41, 5.74) is 8.70. The molecular weight excluding hydrogens is 435 g/mol. The average Bonchev–Trinajstić information content (AvgIpc) is 3.08. The van der Waals surface area contributed by atoms with Gasteiger partial charge in [0.2, 0.25) is 0 Å². The fourth-order valence-corrected chi connectivity index (χ4v) is 4.93. The van der Waals surface area contributed by atoms with Crippen LogP contribution in [0.4, 0.5) is 5.69 Å². The van der Waals surface area contributed by atoms with Gasteiger partial charge in [0.05, 0.1) is 5.69 Å². The van der Waals surface area contributed by atoms with Crippen LogP contribution in [0.2, 0.25) is 5.02 Å². The second-order valence-electron chi connectivity index (χ2n) is 4.26. The van der Waals surface area contributed by atoms with Crippen LogP contribution in [-0.4, -0.2) is 0 Å². The molecule has 0 aliphatic carbocycles. The fourth-order valence-electron chi connectivity index (χ4n) is 2.05. The zero-order valence-electron chi connectivity index (χ0n) is 10.6. The van der Waals surface area contributed by atoms with Gasteiger partial charge in [-0.05, 0) is 52.2 Å². The molecule has 0 radical (unpaired) electrons. The summed E-state index contributed by atoms with van der Waals surface area (Å²) in [5, 5.41) is 12.0. The van der Waals surface area contributed by atoms with Gasteiger partial charge < -0.3 is 5.73 Å². The quantitative estimate of drug-likeness (QED) is 0.506. The second kappa shape index (κ2) is 5.97. The van der Waals surface area contributed by atoms with E-state index < -0.39 is 0 Å². The lowest BCUT2D eigenvalue weighted by Crippen LogP contribution is -1.88. The minimum absolute atomic E-state index is 0.546. The summed E-state index contributed by atoms with van der Waals surface area (Å²) in [4.78, 5) is 2.61. The first-order chi connectivity index (χ1) is 10.1. The second-order valence-corrected chi connectivity index (χ2v) is 7.83. The summed E-state index contributed by atoms with van der Waals surface area (Å²) in [6.07, 6.45) is 0. The van der Waals surface area contributed by atoms with E-state index in [-0.39, 0.29) is 0 Å². The van der Waals surface area contributed by atoms with Gasteiger partial charge in [0, 0.05) is 29.5 Å². The number of rotatable bonds is 2. The van der Waals surface area contributed by atoms with Crippen LogP contribution in [0.5, 0.6) is 0 Å². The highest BCUT2D eigenvalue weighted by atomic mass is 127. The van der Waals surface area contributed by atoms with Gasteiger partial charge in [0.25, 0.3) is 0 Å². The Hall–Kier alpha value is -1.07. The van der Waals surface area contributed by atoms with Crippen LogP contribution in [0.3, 0.4) is 0 Å². The van der Waals surface area contributed by atoms with Gasteiger partial charge in [0.1, 0.15) is 10.9 Å². The number of nitriles is 1. The number of hydrogen-bond donors (Lipinski definition) is 1. The van der Waals surface area contributed by atoms with Gasteiger partial charge in [-0.2, -0.15) is 5.26 Å². The van der Waals surface area contributed by atoms with E-state index in [1.165, 1.54) is 11.3 Å². The number of thiophene rings is 2. The van der Waals surface area contributed by atoms with Crippen LogP contribution < -0.4 is 5.73 Å². The van der Waals surface area contributed by atoms with Gasteiger partial charge in [-0.1, -0.05) is 17.7 Å². The molecule has 0 bridgehead atoms. The number of nitrogen functional groups attached to an aromatic ring is 1. The highest BCUT2D eigenvalue weighted by Crippen LogP contribution is 2.47. The average molecular weight is 443 g/mol. The number of hydrogen-bond acceptors (Lipinski definition) is 4. The maximum Gasteiger partial charge on any atom is 0.129 e. The molecule has 21 heavy (non-hydrogen) atoms. The molecule has 2 heterocycles. The molecular formula is C15H8ClIN2S2. The van der Waals surface area contributed by atoms with E-state index in [9.17, 15) is 5.26 Å². The molecule has 104 valence electrons. The number of nitrogens with two attached hydrogens (primary N) is 1. The Balaban J connectivity index is 2.33. The van der Waals surface area contributed by atoms with E-state index in [0.29, 0.717) is 15.6 Å². The lowest BCUT2D eigenvalue weighted by atomic mass is 10.1. The molecule has 3 aromatic rings.